The van der Waals surface area contributed by atoms with Crippen molar-refractivity contribution >= 4 is 17.6 Å². The maximum absolute atomic E-state index is 11.9. The van der Waals surface area contributed by atoms with E-state index < -0.39 is 5.97 Å². The van der Waals surface area contributed by atoms with E-state index in [0.29, 0.717) is 31.7 Å². The van der Waals surface area contributed by atoms with Crippen molar-refractivity contribution < 1.29 is 19.4 Å². The van der Waals surface area contributed by atoms with E-state index in [0.717, 1.165) is 13.1 Å². The van der Waals surface area contributed by atoms with Crippen LogP contribution < -0.4 is 5.32 Å². The molecule has 1 amide bonds. The zero-order valence-electron chi connectivity index (χ0n) is 14.1. The molecule has 0 aliphatic rings. The Morgan fingerprint density at radius 1 is 1.22 bits per heavy atom. The van der Waals surface area contributed by atoms with Crippen molar-refractivity contribution in [2.45, 2.75) is 33.6 Å². The van der Waals surface area contributed by atoms with Crippen LogP contribution in [0.4, 0.5) is 5.69 Å². The predicted octanol–water partition coefficient (Wildman–Crippen LogP) is 2.63. The number of aromatic hydroxyl groups is 1. The van der Waals surface area contributed by atoms with Gasteiger partial charge in [-0.2, -0.15) is 0 Å². The Balaban J connectivity index is 2.60. The first-order valence-corrected chi connectivity index (χ1v) is 8.04. The minimum atomic E-state index is -0.566. The van der Waals surface area contributed by atoms with Gasteiger partial charge in [-0.1, -0.05) is 20.8 Å². The van der Waals surface area contributed by atoms with Gasteiger partial charge >= 0.3 is 5.97 Å². The summed E-state index contributed by atoms with van der Waals surface area (Å²) in [4.78, 5) is 25.8. The van der Waals surface area contributed by atoms with E-state index in [2.05, 4.69) is 24.1 Å². The van der Waals surface area contributed by atoms with E-state index in [-0.39, 0.29) is 17.2 Å². The quantitative estimate of drug-likeness (QED) is 0.683. The van der Waals surface area contributed by atoms with Gasteiger partial charge in [0.15, 0.2) is 0 Å². The minimum Gasteiger partial charge on any atom is -0.507 e. The number of amides is 1. The fourth-order valence-electron chi connectivity index (χ4n) is 2.08. The van der Waals surface area contributed by atoms with Gasteiger partial charge in [-0.3, -0.25) is 4.79 Å². The number of phenols is 1. The van der Waals surface area contributed by atoms with Gasteiger partial charge in [-0.25, -0.2) is 4.79 Å². The number of carbonyl (C=O) groups is 2. The summed E-state index contributed by atoms with van der Waals surface area (Å²) in [6.45, 7) is 8.79. The van der Waals surface area contributed by atoms with Gasteiger partial charge in [0, 0.05) is 24.7 Å². The van der Waals surface area contributed by atoms with Gasteiger partial charge in [0.2, 0.25) is 5.91 Å². The number of hydrogen-bond donors (Lipinski definition) is 2. The van der Waals surface area contributed by atoms with E-state index in [9.17, 15) is 14.7 Å². The molecule has 0 saturated heterocycles. The van der Waals surface area contributed by atoms with Crippen LogP contribution in [0.25, 0.3) is 0 Å². The Kier molecular flexibility index (Phi) is 8.11. The molecule has 0 saturated carbocycles. The molecular weight excluding hydrogens is 296 g/mol. The lowest BCUT2D eigenvalue weighted by Crippen LogP contribution is -2.27. The summed E-state index contributed by atoms with van der Waals surface area (Å²) in [7, 11) is 0. The van der Waals surface area contributed by atoms with Crippen LogP contribution in [0.5, 0.6) is 5.75 Å². The second-order valence-corrected chi connectivity index (χ2v) is 5.19. The number of ether oxygens (including phenoxy) is 1. The maximum Gasteiger partial charge on any atom is 0.341 e. The maximum atomic E-state index is 11.9. The van der Waals surface area contributed by atoms with E-state index >= 15 is 0 Å². The highest BCUT2D eigenvalue weighted by molar-refractivity contribution is 5.95. The third-order valence-electron chi connectivity index (χ3n) is 3.49. The van der Waals surface area contributed by atoms with Crippen LogP contribution in [0, 0.1) is 0 Å². The van der Waals surface area contributed by atoms with E-state index in [1.54, 1.807) is 6.07 Å². The van der Waals surface area contributed by atoms with Gasteiger partial charge in [0.25, 0.3) is 0 Å². The molecule has 0 aromatic heterocycles. The molecular formula is C17H26N2O4. The fraction of sp³-hybridized carbons (Fsp3) is 0.529. The molecule has 6 nitrogen and oxygen atoms in total. The molecule has 0 radical (unpaired) electrons. The summed E-state index contributed by atoms with van der Waals surface area (Å²) in [5.41, 5.74) is 0.554. The normalized spacial score (nSPS) is 10.6. The number of hydrogen-bond acceptors (Lipinski definition) is 5. The second-order valence-electron chi connectivity index (χ2n) is 5.19. The topological polar surface area (TPSA) is 78.9 Å². The minimum absolute atomic E-state index is 0.0968. The highest BCUT2D eigenvalue weighted by Gasteiger charge is 2.14. The number of carbonyl (C=O) groups excluding carboxylic acids is 2. The Bertz CT molecular complexity index is 527. The molecule has 0 bridgehead atoms. The molecule has 1 aromatic carbocycles. The first-order chi connectivity index (χ1) is 11.0. The van der Waals surface area contributed by atoms with Gasteiger partial charge in [0.05, 0.1) is 6.61 Å². The second kappa shape index (κ2) is 9.84. The summed E-state index contributed by atoms with van der Waals surface area (Å²) < 4.78 is 4.98. The van der Waals surface area contributed by atoms with E-state index in [4.69, 9.17) is 4.74 Å². The van der Waals surface area contributed by atoms with Gasteiger partial charge in [-0.05, 0) is 31.6 Å². The molecule has 128 valence electrons. The number of rotatable bonds is 9. The van der Waals surface area contributed by atoms with Crippen molar-refractivity contribution in [1.82, 2.24) is 4.90 Å². The molecule has 1 rings (SSSR count). The summed E-state index contributed by atoms with van der Waals surface area (Å²) in [5, 5.41) is 12.6. The molecule has 0 aliphatic carbocycles. The van der Waals surface area contributed by atoms with Crippen molar-refractivity contribution in [1.29, 1.82) is 0 Å². The summed E-state index contributed by atoms with van der Waals surface area (Å²) in [6, 6.07) is 4.39. The van der Waals surface area contributed by atoms with E-state index in [1.165, 1.54) is 12.1 Å². The van der Waals surface area contributed by atoms with Gasteiger partial charge in [-0.15, -0.1) is 0 Å². The molecule has 2 N–H and O–H groups in total. The van der Waals surface area contributed by atoms with E-state index in [1.807, 2.05) is 6.92 Å². The van der Waals surface area contributed by atoms with Gasteiger partial charge < -0.3 is 20.1 Å². The Morgan fingerprint density at radius 2 is 1.91 bits per heavy atom. The van der Waals surface area contributed by atoms with Crippen LogP contribution in [0.15, 0.2) is 18.2 Å². The van der Waals surface area contributed by atoms with Crippen LogP contribution in [-0.4, -0.2) is 48.1 Å². The van der Waals surface area contributed by atoms with Crippen LogP contribution in [0.2, 0.25) is 0 Å². The Labute approximate surface area is 137 Å². The van der Waals surface area contributed by atoms with Crippen molar-refractivity contribution in [3.8, 4) is 5.75 Å². The zero-order chi connectivity index (χ0) is 17.2. The first-order valence-electron chi connectivity index (χ1n) is 8.04. The number of nitrogens with one attached hydrogen (secondary N) is 1. The highest BCUT2D eigenvalue weighted by atomic mass is 16.5. The Hall–Kier alpha value is -2.08. The monoisotopic (exact) mass is 322 g/mol. The smallest absolute Gasteiger partial charge is 0.341 e. The molecule has 0 spiro atoms. The third-order valence-corrected chi connectivity index (χ3v) is 3.49. The van der Waals surface area contributed by atoms with Crippen LogP contribution in [0.3, 0.4) is 0 Å². The summed E-state index contributed by atoms with van der Waals surface area (Å²) >= 11 is 0. The SMILES string of the molecule is CCCOC(=O)c1ccc(NC(=O)CCN(CC)CC)cc1O. The van der Waals surface area contributed by atoms with Crippen molar-refractivity contribution in [2.24, 2.45) is 0 Å². The number of phenolic OH excluding ortho intramolecular Hbond substituents is 1. The standard InChI is InChI=1S/C17H26N2O4/c1-4-11-23-17(22)14-8-7-13(12-15(14)20)18-16(21)9-10-19(5-2)6-3/h7-8,12,20H,4-6,9-11H2,1-3H3,(H,18,21). The lowest BCUT2D eigenvalue weighted by Gasteiger charge is -2.17. The van der Waals surface area contributed by atoms with Crippen LogP contribution in [0.1, 0.15) is 44.0 Å². The number of esters is 1. The molecule has 0 aliphatic heterocycles. The predicted molar refractivity (Wildman–Crippen MR) is 89.7 cm³/mol. The summed E-state index contributed by atoms with van der Waals surface area (Å²) in [5.74, 6) is -0.894. The molecule has 1 aromatic rings. The molecule has 0 fully saturated rings. The molecule has 0 unspecified atom stereocenters. The van der Waals surface area contributed by atoms with Crippen LogP contribution >= 0.6 is 0 Å². The van der Waals surface area contributed by atoms with Crippen molar-refractivity contribution in [3.05, 3.63) is 23.8 Å². The molecule has 6 heteroatoms. The highest BCUT2D eigenvalue weighted by Crippen LogP contribution is 2.23. The van der Waals surface area contributed by atoms with Crippen LogP contribution in [-0.2, 0) is 9.53 Å². The number of benzene rings is 1. The number of anilines is 1. The largest absolute Gasteiger partial charge is 0.507 e. The lowest BCUT2D eigenvalue weighted by molar-refractivity contribution is -0.116. The first kappa shape index (κ1) is 19.0. The zero-order valence-corrected chi connectivity index (χ0v) is 14.1. The number of nitrogens with zero attached hydrogens (tertiary/aromatic N) is 1. The lowest BCUT2D eigenvalue weighted by atomic mass is 10.2. The molecule has 0 heterocycles. The Morgan fingerprint density at radius 3 is 2.48 bits per heavy atom. The average molecular weight is 322 g/mol. The molecule has 23 heavy (non-hydrogen) atoms. The third kappa shape index (κ3) is 6.28. The van der Waals surface area contributed by atoms with Gasteiger partial charge in [0.1, 0.15) is 11.3 Å². The fourth-order valence-corrected chi connectivity index (χ4v) is 2.08. The molecule has 0 atom stereocenters. The summed E-state index contributed by atoms with van der Waals surface area (Å²) in [6.07, 6.45) is 1.09. The average Bonchev–Trinajstić information content (AvgIpc) is 2.53. The van der Waals surface area contributed by atoms with Crippen molar-refractivity contribution in [2.75, 3.05) is 31.6 Å². The van der Waals surface area contributed by atoms with Crippen molar-refractivity contribution in [3.63, 3.8) is 0 Å².